The summed E-state index contributed by atoms with van der Waals surface area (Å²) in [6, 6.07) is 9.60. The second-order valence-electron chi connectivity index (χ2n) is 4.75. The largest absolute Gasteiger partial charge is 0.493 e. The molecule has 1 N–H and O–H groups in total. The van der Waals surface area contributed by atoms with Crippen LogP contribution in [0.25, 0.3) is 11.1 Å². The van der Waals surface area contributed by atoms with Gasteiger partial charge in [0.15, 0.2) is 11.5 Å². The predicted octanol–water partition coefficient (Wildman–Crippen LogP) is 3.48. The zero-order valence-electron chi connectivity index (χ0n) is 12.9. The molecule has 0 radical (unpaired) electrons. The van der Waals surface area contributed by atoms with E-state index in [0.717, 1.165) is 0 Å². The van der Waals surface area contributed by atoms with E-state index in [1.807, 2.05) is 0 Å². The molecule has 0 aliphatic heterocycles. The Hall–Kier alpha value is -3.09. The summed E-state index contributed by atoms with van der Waals surface area (Å²) in [6.45, 7) is 1.64. The molecule has 2 aromatic rings. The highest BCUT2D eigenvalue weighted by atomic mass is 16.6. The molecule has 23 heavy (non-hydrogen) atoms. The van der Waals surface area contributed by atoms with Crippen LogP contribution in [0.4, 0.5) is 5.69 Å². The van der Waals surface area contributed by atoms with Gasteiger partial charge in [0, 0.05) is 23.3 Å². The molecule has 0 saturated carbocycles. The highest BCUT2D eigenvalue weighted by molar-refractivity contribution is 6.00. The molecular weight excluding hydrogens is 300 g/mol. The van der Waals surface area contributed by atoms with Crippen LogP contribution in [-0.2, 0) is 0 Å². The number of nitrogens with zero attached hydrogens (tertiary/aromatic N) is 2. The van der Waals surface area contributed by atoms with Crippen molar-refractivity contribution in [3.05, 3.63) is 52.1 Å². The summed E-state index contributed by atoms with van der Waals surface area (Å²) < 4.78 is 10.7. The van der Waals surface area contributed by atoms with Gasteiger partial charge in [0.2, 0.25) is 0 Å². The van der Waals surface area contributed by atoms with Crippen LogP contribution in [0.1, 0.15) is 12.5 Å². The first-order chi connectivity index (χ1) is 11.0. The molecule has 0 unspecified atom stereocenters. The molecule has 0 atom stereocenters. The van der Waals surface area contributed by atoms with Crippen LogP contribution >= 0.6 is 0 Å². The molecule has 0 aliphatic rings. The van der Waals surface area contributed by atoms with Crippen molar-refractivity contribution in [2.45, 2.75) is 6.92 Å². The zero-order chi connectivity index (χ0) is 17.0. The summed E-state index contributed by atoms with van der Waals surface area (Å²) in [5.41, 5.74) is 2.18. The number of ether oxygens (including phenoxy) is 2. The lowest BCUT2D eigenvalue weighted by Crippen LogP contribution is -2.00. The van der Waals surface area contributed by atoms with Gasteiger partial charge in [-0.15, -0.1) is 0 Å². The van der Waals surface area contributed by atoms with Crippen molar-refractivity contribution in [3.63, 3.8) is 0 Å². The van der Waals surface area contributed by atoms with Crippen LogP contribution in [0.5, 0.6) is 11.5 Å². The van der Waals surface area contributed by atoms with Gasteiger partial charge in [-0.3, -0.25) is 10.1 Å². The van der Waals surface area contributed by atoms with Crippen molar-refractivity contribution in [1.82, 2.24) is 0 Å². The minimum absolute atomic E-state index is 0.0264. The average Bonchev–Trinajstić information content (AvgIpc) is 2.59. The SMILES string of the molecule is COc1cc(/C(C)=N/O)cc(-c2cccc([N+](=O)[O-])c2)c1OC. The standard InChI is InChI=1S/C16H16N2O5/c1-10(17-19)12-8-14(16(23-3)15(9-12)22-2)11-5-4-6-13(7-11)18(20)21/h4-9,19H,1-3H3/b17-10+. The summed E-state index contributed by atoms with van der Waals surface area (Å²) in [5.74, 6) is 0.886. The highest BCUT2D eigenvalue weighted by Crippen LogP contribution is 2.40. The Morgan fingerprint density at radius 2 is 1.96 bits per heavy atom. The number of hydrogen-bond acceptors (Lipinski definition) is 6. The number of benzene rings is 2. The average molecular weight is 316 g/mol. The molecule has 0 fully saturated rings. The second kappa shape index (κ2) is 6.78. The topological polar surface area (TPSA) is 94.2 Å². The lowest BCUT2D eigenvalue weighted by molar-refractivity contribution is -0.384. The summed E-state index contributed by atoms with van der Waals surface area (Å²) in [4.78, 5) is 10.5. The molecule has 0 heterocycles. The monoisotopic (exact) mass is 316 g/mol. The molecule has 0 saturated heterocycles. The van der Waals surface area contributed by atoms with Gasteiger partial charge >= 0.3 is 0 Å². The van der Waals surface area contributed by atoms with Crippen molar-refractivity contribution in [2.75, 3.05) is 14.2 Å². The minimum Gasteiger partial charge on any atom is -0.493 e. The molecular formula is C16H16N2O5. The smallest absolute Gasteiger partial charge is 0.270 e. The number of nitro groups is 1. The van der Waals surface area contributed by atoms with Crippen LogP contribution in [0.2, 0.25) is 0 Å². The van der Waals surface area contributed by atoms with Gasteiger partial charge in [0.25, 0.3) is 5.69 Å². The van der Waals surface area contributed by atoms with Gasteiger partial charge in [-0.2, -0.15) is 0 Å². The van der Waals surface area contributed by atoms with Crippen molar-refractivity contribution >= 4 is 11.4 Å². The summed E-state index contributed by atoms with van der Waals surface area (Å²) in [7, 11) is 2.98. The number of hydrogen-bond donors (Lipinski definition) is 1. The van der Waals surface area contributed by atoms with E-state index in [2.05, 4.69) is 5.16 Å². The van der Waals surface area contributed by atoms with Crippen molar-refractivity contribution < 1.29 is 19.6 Å². The first kappa shape index (κ1) is 16.3. The molecule has 2 aromatic carbocycles. The van der Waals surface area contributed by atoms with Gasteiger partial charge in [-0.1, -0.05) is 17.3 Å². The third kappa shape index (κ3) is 3.23. The summed E-state index contributed by atoms with van der Waals surface area (Å²) in [6.07, 6.45) is 0. The second-order valence-corrected chi connectivity index (χ2v) is 4.75. The Kier molecular flexibility index (Phi) is 4.80. The Labute approximate surface area is 132 Å². The van der Waals surface area contributed by atoms with Crippen LogP contribution in [0, 0.1) is 10.1 Å². The molecule has 0 aliphatic carbocycles. The number of rotatable bonds is 5. The fourth-order valence-electron chi connectivity index (χ4n) is 2.23. The lowest BCUT2D eigenvalue weighted by Gasteiger charge is -2.15. The van der Waals surface area contributed by atoms with Gasteiger partial charge in [0.1, 0.15) is 0 Å². The molecule has 7 heteroatoms. The van der Waals surface area contributed by atoms with Crippen LogP contribution in [0.3, 0.4) is 0 Å². The quantitative estimate of drug-likeness (QED) is 0.394. The molecule has 7 nitrogen and oxygen atoms in total. The zero-order valence-corrected chi connectivity index (χ0v) is 12.9. The van der Waals surface area contributed by atoms with E-state index in [0.29, 0.717) is 33.9 Å². The fourth-order valence-corrected chi connectivity index (χ4v) is 2.23. The minimum atomic E-state index is -0.461. The van der Waals surface area contributed by atoms with Crippen LogP contribution in [-0.4, -0.2) is 30.1 Å². The molecule has 0 amide bonds. The molecule has 0 spiro atoms. The number of nitro benzene ring substituents is 1. The molecule has 0 bridgehead atoms. The first-order valence-electron chi connectivity index (χ1n) is 6.71. The highest BCUT2D eigenvalue weighted by Gasteiger charge is 2.17. The Morgan fingerprint density at radius 1 is 1.22 bits per heavy atom. The third-order valence-corrected chi connectivity index (χ3v) is 3.41. The maximum Gasteiger partial charge on any atom is 0.270 e. The first-order valence-corrected chi connectivity index (χ1v) is 6.71. The van der Waals surface area contributed by atoms with E-state index in [9.17, 15) is 10.1 Å². The van der Waals surface area contributed by atoms with Crippen LogP contribution in [0.15, 0.2) is 41.6 Å². The summed E-state index contributed by atoms with van der Waals surface area (Å²) >= 11 is 0. The summed E-state index contributed by atoms with van der Waals surface area (Å²) in [5, 5.41) is 23.1. The maximum atomic E-state index is 11.0. The maximum absolute atomic E-state index is 11.0. The van der Waals surface area contributed by atoms with E-state index >= 15 is 0 Å². The predicted molar refractivity (Wildman–Crippen MR) is 85.6 cm³/mol. The van der Waals surface area contributed by atoms with Gasteiger partial charge in [-0.25, -0.2) is 0 Å². The van der Waals surface area contributed by atoms with Crippen molar-refractivity contribution in [1.29, 1.82) is 0 Å². The third-order valence-electron chi connectivity index (χ3n) is 3.41. The van der Waals surface area contributed by atoms with E-state index in [1.54, 1.807) is 31.2 Å². The van der Waals surface area contributed by atoms with E-state index < -0.39 is 4.92 Å². The lowest BCUT2D eigenvalue weighted by atomic mass is 9.99. The van der Waals surface area contributed by atoms with Crippen molar-refractivity contribution in [3.8, 4) is 22.6 Å². The fraction of sp³-hybridized carbons (Fsp3) is 0.188. The van der Waals surface area contributed by atoms with E-state index in [-0.39, 0.29) is 5.69 Å². The van der Waals surface area contributed by atoms with E-state index in [4.69, 9.17) is 14.7 Å². The molecule has 120 valence electrons. The van der Waals surface area contributed by atoms with Gasteiger partial charge in [0.05, 0.1) is 24.9 Å². The molecule has 2 rings (SSSR count). The Balaban J connectivity index is 2.73. The van der Waals surface area contributed by atoms with Gasteiger partial charge < -0.3 is 14.7 Å². The van der Waals surface area contributed by atoms with Crippen molar-refractivity contribution in [2.24, 2.45) is 5.16 Å². The number of oxime groups is 1. The Bertz CT molecular complexity index is 771. The number of methoxy groups -OCH3 is 2. The normalized spacial score (nSPS) is 11.2. The Morgan fingerprint density at radius 3 is 2.52 bits per heavy atom. The van der Waals surface area contributed by atoms with Gasteiger partial charge in [-0.05, 0) is 24.6 Å². The van der Waals surface area contributed by atoms with E-state index in [1.165, 1.54) is 26.4 Å². The van der Waals surface area contributed by atoms with Crippen LogP contribution < -0.4 is 9.47 Å². The number of non-ortho nitro benzene ring substituents is 1. The molecule has 0 aromatic heterocycles.